The van der Waals surface area contributed by atoms with Gasteiger partial charge in [0.1, 0.15) is 0 Å². The first-order chi connectivity index (χ1) is 6.26. The molecule has 0 aromatic carbocycles. The van der Waals surface area contributed by atoms with Gasteiger partial charge in [-0.3, -0.25) is 0 Å². The standard InChI is InChI=1S/C11H23NO/c1-3-11(4-2,9-12)13-10-7-5-6-8-10/h10H,3-9,12H2,1-2H3. The van der Waals surface area contributed by atoms with E-state index in [-0.39, 0.29) is 5.60 Å². The lowest BCUT2D eigenvalue weighted by Gasteiger charge is -2.33. The topological polar surface area (TPSA) is 35.2 Å². The van der Waals surface area contributed by atoms with Gasteiger partial charge in [0.15, 0.2) is 0 Å². The molecule has 0 heterocycles. The first-order valence-corrected chi connectivity index (χ1v) is 5.64. The summed E-state index contributed by atoms with van der Waals surface area (Å²) in [5, 5.41) is 0. The molecule has 0 aliphatic heterocycles. The third kappa shape index (κ3) is 2.68. The lowest BCUT2D eigenvalue weighted by atomic mass is 9.97. The van der Waals surface area contributed by atoms with Crippen molar-refractivity contribution in [3.63, 3.8) is 0 Å². The quantitative estimate of drug-likeness (QED) is 0.714. The van der Waals surface area contributed by atoms with Crippen molar-refractivity contribution in [2.75, 3.05) is 6.54 Å². The number of rotatable bonds is 5. The normalized spacial score (nSPS) is 19.6. The molecule has 0 unspecified atom stereocenters. The highest BCUT2D eigenvalue weighted by molar-refractivity contribution is 4.82. The van der Waals surface area contributed by atoms with Crippen LogP contribution in [-0.2, 0) is 4.74 Å². The average Bonchev–Trinajstić information content (AvgIpc) is 2.67. The molecule has 1 aliphatic rings. The van der Waals surface area contributed by atoms with Crippen molar-refractivity contribution in [2.24, 2.45) is 5.73 Å². The highest BCUT2D eigenvalue weighted by Gasteiger charge is 2.30. The van der Waals surface area contributed by atoms with Crippen molar-refractivity contribution in [3.8, 4) is 0 Å². The van der Waals surface area contributed by atoms with Crippen molar-refractivity contribution >= 4 is 0 Å². The Hall–Kier alpha value is -0.0800. The fourth-order valence-electron chi connectivity index (χ4n) is 2.11. The highest BCUT2D eigenvalue weighted by atomic mass is 16.5. The van der Waals surface area contributed by atoms with Gasteiger partial charge in [-0.25, -0.2) is 0 Å². The van der Waals surface area contributed by atoms with E-state index < -0.39 is 0 Å². The molecular weight excluding hydrogens is 162 g/mol. The Bertz CT molecular complexity index is 129. The summed E-state index contributed by atoms with van der Waals surface area (Å²) in [6, 6.07) is 0. The molecule has 0 saturated heterocycles. The van der Waals surface area contributed by atoms with Gasteiger partial charge in [0.25, 0.3) is 0 Å². The zero-order valence-electron chi connectivity index (χ0n) is 9.01. The predicted molar refractivity (Wildman–Crippen MR) is 55.7 cm³/mol. The second-order valence-electron chi connectivity index (χ2n) is 4.12. The minimum absolute atomic E-state index is 0.0327. The van der Waals surface area contributed by atoms with Crippen molar-refractivity contribution in [1.82, 2.24) is 0 Å². The van der Waals surface area contributed by atoms with Gasteiger partial charge in [-0.05, 0) is 25.7 Å². The molecule has 1 rings (SSSR count). The highest BCUT2D eigenvalue weighted by Crippen LogP contribution is 2.29. The molecule has 0 radical (unpaired) electrons. The number of hydrogen-bond donors (Lipinski definition) is 1. The van der Waals surface area contributed by atoms with Crippen LogP contribution >= 0.6 is 0 Å². The maximum absolute atomic E-state index is 6.12. The van der Waals surface area contributed by atoms with Crippen LogP contribution in [0.3, 0.4) is 0 Å². The summed E-state index contributed by atoms with van der Waals surface area (Å²) in [4.78, 5) is 0. The first-order valence-electron chi connectivity index (χ1n) is 5.64. The van der Waals surface area contributed by atoms with Gasteiger partial charge >= 0.3 is 0 Å². The summed E-state index contributed by atoms with van der Waals surface area (Å²) < 4.78 is 6.12. The molecule has 0 spiro atoms. The Balaban J connectivity index is 2.44. The fourth-order valence-corrected chi connectivity index (χ4v) is 2.11. The Morgan fingerprint density at radius 2 is 1.77 bits per heavy atom. The van der Waals surface area contributed by atoms with Gasteiger partial charge in [-0.15, -0.1) is 0 Å². The SMILES string of the molecule is CCC(CC)(CN)OC1CCCC1. The van der Waals surface area contributed by atoms with Crippen molar-refractivity contribution in [1.29, 1.82) is 0 Å². The maximum Gasteiger partial charge on any atom is 0.0802 e. The van der Waals surface area contributed by atoms with Gasteiger partial charge in [-0.2, -0.15) is 0 Å². The molecule has 2 heteroatoms. The van der Waals surface area contributed by atoms with Crippen LogP contribution in [0.5, 0.6) is 0 Å². The van der Waals surface area contributed by atoms with Crippen LogP contribution in [0.15, 0.2) is 0 Å². The Kier molecular flexibility index (Phi) is 4.20. The second kappa shape index (κ2) is 4.97. The average molecular weight is 185 g/mol. The van der Waals surface area contributed by atoms with Crippen LogP contribution in [-0.4, -0.2) is 18.2 Å². The molecule has 1 aliphatic carbocycles. The van der Waals surface area contributed by atoms with Crippen molar-refractivity contribution < 1.29 is 4.74 Å². The molecule has 0 aromatic rings. The van der Waals surface area contributed by atoms with E-state index in [1.165, 1.54) is 25.7 Å². The van der Waals surface area contributed by atoms with Gasteiger partial charge < -0.3 is 10.5 Å². The van der Waals surface area contributed by atoms with Crippen molar-refractivity contribution in [2.45, 2.75) is 64.1 Å². The molecule has 78 valence electrons. The van der Waals surface area contributed by atoms with E-state index in [1.54, 1.807) is 0 Å². The molecule has 0 aromatic heterocycles. The molecule has 0 atom stereocenters. The van der Waals surface area contributed by atoms with E-state index in [9.17, 15) is 0 Å². The largest absolute Gasteiger partial charge is 0.370 e. The summed E-state index contributed by atoms with van der Waals surface area (Å²) in [7, 11) is 0. The van der Waals surface area contributed by atoms with Crippen LogP contribution in [0.25, 0.3) is 0 Å². The lowest BCUT2D eigenvalue weighted by molar-refractivity contribution is -0.0898. The molecule has 2 nitrogen and oxygen atoms in total. The molecular formula is C11H23NO. The molecule has 1 fully saturated rings. The smallest absolute Gasteiger partial charge is 0.0802 e. The molecule has 1 saturated carbocycles. The molecule has 13 heavy (non-hydrogen) atoms. The van der Waals surface area contributed by atoms with Gasteiger partial charge in [0.05, 0.1) is 11.7 Å². The lowest BCUT2D eigenvalue weighted by Crippen LogP contribution is -2.42. The third-order valence-corrected chi connectivity index (χ3v) is 3.38. The summed E-state index contributed by atoms with van der Waals surface area (Å²) in [6.45, 7) is 5.01. The zero-order chi connectivity index (χ0) is 9.73. The van der Waals surface area contributed by atoms with Gasteiger partial charge in [0.2, 0.25) is 0 Å². The third-order valence-electron chi connectivity index (χ3n) is 3.38. The minimum Gasteiger partial charge on any atom is -0.370 e. The number of hydrogen-bond acceptors (Lipinski definition) is 2. The van der Waals surface area contributed by atoms with E-state index in [2.05, 4.69) is 13.8 Å². The van der Waals surface area contributed by atoms with E-state index in [0.717, 1.165) is 12.8 Å². The van der Waals surface area contributed by atoms with Gasteiger partial charge in [-0.1, -0.05) is 26.7 Å². The summed E-state index contributed by atoms with van der Waals surface area (Å²) >= 11 is 0. The van der Waals surface area contributed by atoms with Crippen molar-refractivity contribution in [3.05, 3.63) is 0 Å². The summed E-state index contributed by atoms with van der Waals surface area (Å²) in [5.41, 5.74) is 5.75. The molecule has 2 N–H and O–H groups in total. The van der Waals surface area contributed by atoms with Crippen LogP contribution in [0, 0.1) is 0 Å². The maximum atomic E-state index is 6.12. The number of nitrogens with two attached hydrogens (primary N) is 1. The van der Waals surface area contributed by atoms with E-state index in [4.69, 9.17) is 10.5 Å². The molecule has 0 bridgehead atoms. The van der Waals surface area contributed by atoms with E-state index >= 15 is 0 Å². The predicted octanol–water partition coefficient (Wildman–Crippen LogP) is 2.46. The number of ether oxygens (including phenoxy) is 1. The van der Waals surface area contributed by atoms with Crippen LogP contribution in [0.2, 0.25) is 0 Å². The zero-order valence-corrected chi connectivity index (χ0v) is 9.01. The second-order valence-corrected chi connectivity index (χ2v) is 4.12. The summed E-state index contributed by atoms with van der Waals surface area (Å²) in [6.07, 6.45) is 7.71. The van der Waals surface area contributed by atoms with E-state index in [0.29, 0.717) is 12.6 Å². The Labute approximate surface area is 81.8 Å². The Morgan fingerprint density at radius 1 is 1.23 bits per heavy atom. The first kappa shape index (κ1) is 11.0. The minimum atomic E-state index is -0.0327. The summed E-state index contributed by atoms with van der Waals surface area (Å²) in [5.74, 6) is 0. The van der Waals surface area contributed by atoms with Crippen LogP contribution in [0.1, 0.15) is 52.4 Å². The van der Waals surface area contributed by atoms with Gasteiger partial charge in [0, 0.05) is 6.54 Å². The van der Waals surface area contributed by atoms with E-state index in [1.807, 2.05) is 0 Å². The monoisotopic (exact) mass is 185 g/mol. The van der Waals surface area contributed by atoms with Crippen LogP contribution < -0.4 is 5.73 Å². The molecule has 0 amide bonds. The Morgan fingerprint density at radius 3 is 2.15 bits per heavy atom. The van der Waals surface area contributed by atoms with Crippen LogP contribution in [0.4, 0.5) is 0 Å². The fraction of sp³-hybridized carbons (Fsp3) is 1.00.